The number of anilines is 1. The van der Waals surface area contributed by atoms with Gasteiger partial charge in [0, 0.05) is 11.7 Å². The van der Waals surface area contributed by atoms with Gasteiger partial charge in [-0.1, -0.05) is 0 Å². The van der Waals surface area contributed by atoms with Crippen LogP contribution in [0.2, 0.25) is 0 Å². The summed E-state index contributed by atoms with van der Waals surface area (Å²) in [5.41, 5.74) is 0.0259. The molecule has 0 bridgehead atoms. The van der Waals surface area contributed by atoms with Gasteiger partial charge in [-0.05, 0) is 44.7 Å². The van der Waals surface area contributed by atoms with Gasteiger partial charge >= 0.3 is 0 Å². The van der Waals surface area contributed by atoms with Gasteiger partial charge in [0.25, 0.3) is 5.69 Å². The van der Waals surface area contributed by atoms with Crippen LogP contribution in [-0.4, -0.2) is 15.4 Å². The highest BCUT2D eigenvalue weighted by Crippen LogP contribution is 2.43. The minimum atomic E-state index is -0.637. The number of nitro benzene ring substituents is 1. The van der Waals surface area contributed by atoms with Crippen molar-refractivity contribution >= 4 is 22.3 Å². The Kier molecular flexibility index (Phi) is 3.04. The van der Waals surface area contributed by atoms with Crippen LogP contribution in [0.15, 0.2) is 24.4 Å². The molecule has 0 spiro atoms. The maximum Gasteiger partial charge on any atom is 0.281 e. The van der Waals surface area contributed by atoms with Crippen LogP contribution in [0.5, 0.6) is 0 Å². The molecule has 110 valence electrons. The summed E-state index contributed by atoms with van der Waals surface area (Å²) >= 11 is 0. The smallest absolute Gasteiger partial charge is 0.281 e. The second kappa shape index (κ2) is 4.65. The van der Waals surface area contributed by atoms with E-state index in [0.29, 0.717) is 16.8 Å². The van der Waals surface area contributed by atoms with Gasteiger partial charge < -0.3 is 5.32 Å². The predicted molar refractivity (Wildman–Crippen MR) is 78.8 cm³/mol. The standard InChI is InChI=1S/C15H16FN3O2/c1-15(2,9-5-6-9)18-14-11(16)8-12(19(20)21)10-4-3-7-17-13(10)14/h3-4,7-9,18H,5-6H2,1-2H3. The molecule has 1 heterocycles. The number of nitrogens with one attached hydrogen (secondary N) is 1. The van der Waals surface area contributed by atoms with E-state index in [1.807, 2.05) is 13.8 Å². The van der Waals surface area contributed by atoms with Crippen LogP contribution in [0.25, 0.3) is 10.9 Å². The van der Waals surface area contributed by atoms with Crippen LogP contribution in [0, 0.1) is 21.8 Å². The number of nitrogens with zero attached hydrogens (tertiary/aromatic N) is 2. The minimum Gasteiger partial charge on any atom is -0.376 e. The zero-order valence-corrected chi connectivity index (χ0v) is 11.9. The Labute approximate surface area is 121 Å². The molecule has 2 aromatic rings. The normalized spacial score (nSPS) is 15.2. The van der Waals surface area contributed by atoms with E-state index in [1.165, 1.54) is 6.20 Å². The number of benzene rings is 1. The molecule has 0 unspecified atom stereocenters. The van der Waals surface area contributed by atoms with Crippen molar-refractivity contribution in [2.45, 2.75) is 32.2 Å². The van der Waals surface area contributed by atoms with Gasteiger partial charge in [0.2, 0.25) is 0 Å². The summed E-state index contributed by atoms with van der Waals surface area (Å²) in [5, 5.41) is 14.6. The van der Waals surface area contributed by atoms with Gasteiger partial charge in [-0.15, -0.1) is 0 Å². The Balaban J connectivity index is 2.16. The lowest BCUT2D eigenvalue weighted by atomic mass is 9.97. The molecular weight excluding hydrogens is 273 g/mol. The molecule has 1 aliphatic rings. The van der Waals surface area contributed by atoms with E-state index in [2.05, 4.69) is 10.3 Å². The summed E-state index contributed by atoms with van der Waals surface area (Å²) in [7, 11) is 0. The Morgan fingerprint density at radius 1 is 1.48 bits per heavy atom. The number of nitro groups is 1. The molecule has 1 aromatic carbocycles. The first kappa shape index (κ1) is 13.7. The fraction of sp³-hybridized carbons (Fsp3) is 0.400. The fourth-order valence-corrected chi connectivity index (χ4v) is 2.69. The highest BCUT2D eigenvalue weighted by atomic mass is 19.1. The van der Waals surface area contributed by atoms with Gasteiger partial charge in [-0.25, -0.2) is 4.39 Å². The Bertz CT molecular complexity index is 726. The van der Waals surface area contributed by atoms with Crippen molar-refractivity contribution < 1.29 is 9.31 Å². The summed E-state index contributed by atoms with van der Waals surface area (Å²) in [6.45, 7) is 4.03. The molecule has 0 aliphatic heterocycles. The molecule has 3 rings (SSSR count). The average Bonchev–Trinajstić information content (AvgIpc) is 3.26. The first-order chi connectivity index (χ1) is 9.90. The monoisotopic (exact) mass is 289 g/mol. The average molecular weight is 289 g/mol. The Morgan fingerprint density at radius 2 is 2.19 bits per heavy atom. The van der Waals surface area contributed by atoms with E-state index < -0.39 is 10.7 Å². The van der Waals surface area contributed by atoms with E-state index in [9.17, 15) is 14.5 Å². The number of fused-ring (bicyclic) bond motifs is 1. The molecule has 0 amide bonds. The van der Waals surface area contributed by atoms with Gasteiger partial charge in [0.05, 0.1) is 22.1 Å². The topological polar surface area (TPSA) is 68.1 Å². The van der Waals surface area contributed by atoms with Crippen LogP contribution >= 0.6 is 0 Å². The van der Waals surface area contributed by atoms with Crippen LogP contribution in [0.1, 0.15) is 26.7 Å². The maximum atomic E-state index is 14.3. The fourth-order valence-electron chi connectivity index (χ4n) is 2.69. The van der Waals surface area contributed by atoms with Gasteiger partial charge in [-0.2, -0.15) is 0 Å². The molecule has 0 atom stereocenters. The number of hydrogen-bond donors (Lipinski definition) is 1. The third-order valence-corrected chi connectivity index (χ3v) is 4.06. The highest BCUT2D eigenvalue weighted by molar-refractivity contribution is 5.97. The number of halogens is 1. The molecule has 6 heteroatoms. The van der Waals surface area contributed by atoms with E-state index in [-0.39, 0.29) is 16.9 Å². The van der Waals surface area contributed by atoms with Crippen molar-refractivity contribution in [3.63, 3.8) is 0 Å². The van der Waals surface area contributed by atoms with Crippen molar-refractivity contribution in [2.75, 3.05) is 5.32 Å². The predicted octanol–water partition coefficient (Wildman–Crippen LogP) is 3.88. The SMILES string of the molecule is CC(C)(Nc1c(F)cc([N+](=O)[O-])c2cccnc12)C1CC1. The van der Waals surface area contributed by atoms with E-state index in [1.54, 1.807) is 12.1 Å². The van der Waals surface area contributed by atoms with Crippen molar-refractivity contribution in [3.05, 3.63) is 40.3 Å². The second-order valence-corrected chi connectivity index (χ2v) is 6.03. The number of rotatable bonds is 4. The van der Waals surface area contributed by atoms with Gasteiger partial charge in [-0.3, -0.25) is 15.1 Å². The first-order valence-electron chi connectivity index (χ1n) is 6.90. The Morgan fingerprint density at radius 3 is 2.81 bits per heavy atom. The maximum absolute atomic E-state index is 14.3. The third kappa shape index (κ3) is 2.41. The molecule has 1 N–H and O–H groups in total. The molecular formula is C15H16FN3O2. The van der Waals surface area contributed by atoms with Gasteiger partial charge in [0.15, 0.2) is 5.82 Å². The lowest BCUT2D eigenvalue weighted by Crippen LogP contribution is -2.33. The van der Waals surface area contributed by atoms with E-state index in [4.69, 9.17) is 0 Å². The number of non-ortho nitro benzene ring substituents is 1. The lowest BCUT2D eigenvalue weighted by Gasteiger charge is -2.28. The van der Waals surface area contributed by atoms with Crippen LogP contribution in [0.3, 0.4) is 0 Å². The third-order valence-electron chi connectivity index (χ3n) is 4.06. The number of aromatic nitrogens is 1. The van der Waals surface area contributed by atoms with Crippen molar-refractivity contribution in [1.29, 1.82) is 0 Å². The summed E-state index contributed by atoms with van der Waals surface area (Å²) < 4.78 is 14.3. The number of pyridine rings is 1. The zero-order chi connectivity index (χ0) is 15.2. The molecule has 0 saturated heterocycles. The van der Waals surface area contributed by atoms with E-state index in [0.717, 1.165) is 18.9 Å². The molecule has 0 radical (unpaired) electrons. The van der Waals surface area contributed by atoms with Crippen molar-refractivity contribution in [1.82, 2.24) is 4.98 Å². The minimum absolute atomic E-state index is 0.244. The van der Waals surface area contributed by atoms with Crippen LogP contribution in [0.4, 0.5) is 15.8 Å². The summed E-state index contributed by atoms with van der Waals surface area (Å²) in [5.74, 6) is -0.146. The highest BCUT2D eigenvalue weighted by Gasteiger charge is 2.38. The molecule has 1 aromatic heterocycles. The molecule has 1 aliphatic carbocycles. The van der Waals surface area contributed by atoms with Crippen molar-refractivity contribution in [2.24, 2.45) is 5.92 Å². The first-order valence-corrected chi connectivity index (χ1v) is 6.90. The molecule has 1 fully saturated rings. The lowest BCUT2D eigenvalue weighted by molar-refractivity contribution is -0.383. The largest absolute Gasteiger partial charge is 0.376 e. The Hall–Kier alpha value is -2.24. The van der Waals surface area contributed by atoms with Crippen LogP contribution < -0.4 is 5.32 Å². The molecule has 1 saturated carbocycles. The number of hydrogen-bond acceptors (Lipinski definition) is 4. The summed E-state index contributed by atoms with van der Waals surface area (Å²) in [6.07, 6.45) is 3.74. The quantitative estimate of drug-likeness (QED) is 0.685. The second-order valence-electron chi connectivity index (χ2n) is 6.03. The summed E-state index contributed by atoms with van der Waals surface area (Å²) in [6, 6.07) is 4.17. The summed E-state index contributed by atoms with van der Waals surface area (Å²) in [4.78, 5) is 14.6. The van der Waals surface area contributed by atoms with Crippen molar-refractivity contribution in [3.8, 4) is 0 Å². The van der Waals surface area contributed by atoms with Crippen LogP contribution in [-0.2, 0) is 0 Å². The zero-order valence-electron chi connectivity index (χ0n) is 11.9. The van der Waals surface area contributed by atoms with Gasteiger partial charge in [0.1, 0.15) is 5.52 Å². The molecule has 5 nitrogen and oxygen atoms in total. The molecule has 21 heavy (non-hydrogen) atoms. The van der Waals surface area contributed by atoms with E-state index >= 15 is 0 Å².